The molecule has 1 saturated heterocycles. The van der Waals surface area contributed by atoms with Crippen LogP contribution in [-0.2, 0) is 14.4 Å². The molecule has 0 bridgehead atoms. The van der Waals surface area contributed by atoms with Crippen LogP contribution in [0.15, 0.2) is 29.4 Å². The minimum Gasteiger partial charge on any atom is -0.447 e. The van der Waals surface area contributed by atoms with Gasteiger partial charge < -0.3 is 9.57 Å². The van der Waals surface area contributed by atoms with Gasteiger partial charge in [0, 0.05) is 10.6 Å². The molecule has 0 aromatic heterocycles. The molecular formula is C16H17ClN2O4. The summed E-state index contributed by atoms with van der Waals surface area (Å²) >= 11 is 5.91. The first-order valence-corrected chi connectivity index (χ1v) is 7.97. The quantitative estimate of drug-likeness (QED) is 0.847. The second-order valence-electron chi connectivity index (χ2n) is 5.50. The van der Waals surface area contributed by atoms with Crippen LogP contribution < -0.4 is 0 Å². The fourth-order valence-corrected chi connectivity index (χ4v) is 2.94. The molecule has 0 N–H and O–H groups in total. The van der Waals surface area contributed by atoms with Crippen molar-refractivity contribution in [1.29, 1.82) is 0 Å². The number of hydrogen-bond acceptors (Lipinski definition) is 5. The van der Waals surface area contributed by atoms with Gasteiger partial charge in [-0.3, -0.25) is 4.79 Å². The summed E-state index contributed by atoms with van der Waals surface area (Å²) < 4.78 is 4.87. The third-order valence-corrected chi connectivity index (χ3v) is 4.21. The Morgan fingerprint density at radius 1 is 1.39 bits per heavy atom. The fraction of sp³-hybridized carbons (Fsp3) is 0.438. The van der Waals surface area contributed by atoms with Gasteiger partial charge in [-0.1, -0.05) is 42.2 Å². The molecule has 122 valence electrons. The van der Waals surface area contributed by atoms with Crippen molar-refractivity contribution < 1.29 is 19.2 Å². The van der Waals surface area contributed by atoms with Crippen molar-refractivity contribution in [2.24, 2.45) is 11.1 Å². The van der Waals surface area contributed by atoms with Gasteiger partial charge in [-0.05, 0) is 18.6 Å². The molecule has 0 aliphatic carbocycles. The summed E-state index contributed by atoms with van der Waals surface area (Å²) in [4.78, 5) is 31.1. The third-order valence-electron chi connectivity index (χ3n) is 3.96. The zero-order chi connectivity index (χ0) is 16.4. The number of oxime groups is 1. The van der Waals surface area contributed by atoms with E-state index in [1.165, 1.54) is 0 Å². The fourth-order valence-electron chi connectivity index (χ4n) is 2.81. The Balaban J connectivity index is 1.90. The molecule has 2 heterocycles. The van der Waals surface area contributed by atoms with E-state index in [1.807, 2.05) is 6.92 Å². The number of carbonyl (C=O) groups excluding carboxylic acids is 2. The Morgan fingerprint density at radius 2 is 2.13 bits per heavy atom. The summed E-state index contributed by atoms with van der Waals surface area (Å²) in [7, 11) is 0. The predicted octanol–water partition coefficient (Wildman–Crippen LogP) is 2.84. The molecule has 2 amide bonds. The van der Waals surface area contributed by atoms with Gasteiger partial charge in [0.05, 0.1) is 6.54 Å². The number of benzene rings is 1. The van der Waals surface area contributed by atoms with Gasteiger partial charge in [0.2, 0.25) is 5.91 Å². The van der Waals surface area contributed by atoms with Crippen LogP contribution in [0.25, 0.3) is 0 Å². The van der Waals surface area contributed by atoms with Gasteiger partial charge in [0.1, 0.15) is 24.3 Å². The molecule has 1 fully saturated rings. The number of carbonyl (C=O) groups is 2. The second kappa shape index (κ2) is 6.58. The van der Waals surface area contributed by atoms with Crippen LogP contribution in [-0.4, -0.2) is 41.9 Å². The predicted molar refractivity (Wildman–Crippen MR) is 84.3 cm³/mol. The highest BCUT2D eigenvalue weighted by molar-refractivity contribution is 6.30. The molecule has 0 unspecified atom stereocenters. The maximum atomic E-state index is 12.8. The van der Waals surface area contributed by atoms with Crippen LogP contribution in [0.5, 0.6) is 0 Å². The minimum absolute atomic E-state index is 0.226. The van der Waals surface area contributed by atoms with Crippen molar-refractivity contribution in [3.63, 3.8) is 0 Å². The number of imide groups is 1. The van der Waals surface area contributed by atoms with Gasteiger partial charge in [-0.15, -0.1) is 0 Å². The van der Waals surface area contributed by atoms with Crippen LogP contribution in [0.1, 0.15) is 25.3 Å². The Kier molecular flexibility index (Phi) is 4.52. The van der Waals surface area contributed by atoms with Gasteiger partial charge in [-0.25, -0.2) is 9.69 Å². The number of ether oxygens (including phenoxy) is 1. The monoisotopic (exact) mass is 336 g/mol. The Morgan fingerprint density at radius 3 is 2.74 bits per heavy atom. The molecule has 7 heteroatoms. The summed E-state index contributed by atoms with van der Waals surface area (Å²) in [5.74, 6) is -0.932. The van der Waals surface area contributed by atoms with Crippen molar-refractivity contribution in [2.75, 3.05) is 13.2 Å². The van der Waals surface area contributed by atoms with Crippen LogP contribution in [0, 0.1) is 5.92 Å². The molecule has 3 rings (SSSR count). The molecule has 1 aromatic carbocycles. The summed E-state index contributed by atoms with van der Waals surface area (Å²) in [6, 6.07) is 7.05. The highest BCUT2D eigenvalue weighted by Crippen LogP contribution is 2.29. The average molecular weight is 337 g/mol. The molecule has 1 aromatic rings. The number of nitrogens with zero attached hydrogens (tertiary/aromatic N) is 2. The molecule has 23 heavy (non-hydrogen) atoms. The molecule has 2 atom stereocenters. The number of halogens is 1. The lowest BCUT2D eigenvalue weighted by molar-refractivity contribution is -0.132. The smallest absolute Gasteiger partial charge is 0.416 e. The van der Waals surface area contributed by atoms with Gasteiger partial charge in [0.25, 0.3) is 0 Å². The summed E-state index contributed by atoms with van der Waals surface area (Å²) in [5, 5.41) is 4.71. The van der Waals surface area contributed by atoms with Crippen molar-refractivity contribution >= 4 is 29.3 Å². The largest absolute Gasteiger partial charge is 0.447 e. The van der Waals surface area contributed by atoms with E-state index in [1.54, 1.807) is 24.3 Å². The Labute approximate surface area is 139 Å². The van der Waals surface area contributed by atoms with E-state index >= 15 is 0 Å². The first-order valence-electron chi connectivity index (χ1n) is 7.59. The van der Waals surface area contributed by atoms with Gasteiger partial charge in [-0.2, -0.15) is 0 Å². The van der Waals surface area contributed by atoms with E-state index in [9.17, 15) is 9.59 Å². The van der Waals surface area contributed by atoms with Crippen LogP contribution in [0.4, 0.5) is 4.79 Å². The highest BCUT2D eigenvalue weighted by atomic mass is 35.5. The standard InChI is InChI=1S/C16H17ClN2O4/c1-2-3-12-13(15(20)19-8-9-22-16(19)21)14(18-23-12)10-4-6-11(17)7-5-10/h4-7,12-13H,2-3,8-9H2,1H3/t12-,13-/m0/s1. The maximum Gasteiger partial charge on any atom is 0.416 e. The zero-order valence-corrected chi connectivity index (χ0v) is 13.5. The first kappa shape index (κ1) is 15.8. The minimum atomic E-state index is -0.609. The Hall–Kier alpha value is -2.08. The molecule has 6 nitrogen and oxygen atoms in total. The number of amides is 2. The van der Waals surface area contributed by atoms with Crippen LogP contribution in [0.3, 0.4) is 0 Å². The van der Waals surface area contributed by atoms with E-state index in [2.05, 4.69) is 5.16 Å². The number of cyclic esters (lactones) is 1. The lowest BCUT2D eigenvalue weighted by atomic mass is 9.89. The lowest BCUT2D eigenvalue weighted by Gasteiger charge is -2.21. The topological polar surface area (TPSA) is 68.2 Å². The molecule has 2 aliphatic rings. The van der Waals surface area contributed by atoms with Crippen molar-refractivity contribution in [1.82, 2.24) is 4.90 Å². The van der Waals surface area contributed by atoms with Crippen molar-refractivity contribution in [3.8, 4) is 0 Å². The van der Waals surface area contributed by atoms with E-state index in [0.29, 0.717) is 17.2 Å². The molecule has 2 aliphatic heterocycles. The normalized spacial score (nSPS) is 23.5. The first-order chi connectivity index (χ1) is 11.1. The molecular weight excluding hydrogens is 320 g/mol. The summed E-state index contributed by atoms with van der Waals surface area (Å²) in [6.07, 6.45) is 0.557. The van der Waals surface area contributed by atoms with Gasteiger partial charge in [0.15, 0.2) is 0 Å². The SMILES string of the molecule is CCC[C@@H]1ON=C(c2ccc(Cl)cc2)[C@H]1C(=O)N1CCOC1=O. The molecule has 0 radical (unpaired) electrons. The summed E-state index contributed by atoms with van der Waals surface area (Å²) in [5.41, 5.74) is 1.30. The number of hydrogen-bond donors (Lipinski definition) is 0. The van der Waals surface area contributed by atoms with E-state index in [4.69, 9.17) is 21.2 Å². The van der Waals surface area contributed by atoms with Crippen LogP contribution in [0.2, 0.25) is 5.02 Å². The average Bonchev–Trinajstić information content (AvgIpc) is 3.14. The maximum absolute atomic E-state index is 12.8. The highest BCUT2D eigenvalue weighted by Gasteiger charge is 2.45. The van der Waals surface area contributed by atoms with E-state index in [-0.39, 0.29) is 25.2 Å². The van der Waals surface area contributed by atoms with Crippen molar-refractivity contribution in [2.45, 2.75) is 25.9 Å². The lowest BCUT2D eigenvalue weighted by Crippen LogP contribution is -2.43. The number of rotatable bonds is 4. The molecule has 0 saturated carbocycles. The Bertz CT molecular complexity index is 644. The van der Waals surface area contributed by atoms with E-state index < -0.39 is 12.0 Å². The van der Waals surface area contributed by atoms with Crippen LogP contribution >= 0.6 is 11.6 Å². The zero-order valence-electron chi connectivity index (χ0n) is 12.7. The summed E-state index contributed by atoms with van der Waals surface area (Å²) in [6.45, 7) is 2.50. The van der Waals surface area contributed by atoms with Gasteiger partial charge >= 0.3 is 6.09 Å². The third kappa shape index (κ3) is 3.03. The van der Waals surface area contributed by atoms with E-state index in [0.717, 1.165) is 16.9 Å². The second-order valence-corrected chi connectivity index (χ2v) is 5.93. The molecule has 0 spiro atoms. The van der Waals surface area contributed by atoms with Crippen molar-refractivity contribution in [3.05, 3.63) is 34.9 Å².